The molecule has 0 aliphatic carbocycles. The number of aryl methyl sites for hydroxylation is 5. The van der Waals surface area contributed by atoms with Crippen molar-refractivity contribution in [3.63, 3.8) is 0 Å². The lowest BCUT2D eigenvalue weighted by atomic mass is 9.33. The third-order valence-corrected chi connectivity index (χ3v) is 9.87. The maximum atomic E-state index is 8.45. The zero-order chi connectivity index (χ0) is 36.3. The average Bonchev–Trinajstić information content (AvgIpc) is 3.10. The van der Waals surface area contributed by atoms with Gasteiger partial charge in [0.25, 0.3) is 0 Å². The third kappa shape index (κ3) is 3.84. The molecule has 0 saturated heterocycles. The van der Waals surface area contributed by atoms with Gasteiger partial charge in [0.15, 0.2) is 0 Å². The average molecular weight is 597 g/mol. The maximum Gasteiger partial charge on any atom is 0.248 e. The van der Waals surface area contributed by atoms with Crippen molar-refractivity contribution in [3.05, 3.63) is 149 Å². The second-order valence-electron chi connectivity index (χ2n) is 12.8. The molecule has 0 atom stereocenters. The van der Waals surface area contributed by atoms with E-state index < -0.39 is 13.7 Å². The summed E-state index contributed by atoms with van der Waals surface area (Å²) in [5.41, 5.74) is 12.4. The Labute approximate surface area is 280 Å². The highest BCUT2D eigenvalue weighted by Crippen LogP contribution is 2.56. The molecule has 0 bridgehead atoms. The Morgan fingerprint density at radius 3 is 1.80 bits per heavy atom. The molecule has 220 valence electrons. The van der Waals surface area contributed by atoms with Gasteiger partial charge in [-0.05, 0) is 103 Å². The van der Waals surface area contributed by atoms with Crippen LogP contribution in [0.1, 0.15) is 36.0 Å². The molecular formula is C43H35BN2. The predicted molar refractivity (Wildman–Crippen MR) is 199 cm³/mol. The monoisotopic (exact) mass is 596 g/mol. The van der Waals surface area contributed by atoms with E-state index in [1.54, 1.807) is 18.2 Å². The number of benzene rings is 7. The molecule has 0 amide bonds. The summed E-state index contributed by atoms with van der Waals surface area (Å²) in [4.78, 5) is 4.69. The van der Waals surface area contributed by atoms with Crippen LogP contribution in [0.25, 0.3) is 21.5 Å². The minimum absolute atomic E-state index is 0.270. The lowest BCUT2D eigenvalue weighted by Gasteiger charge is -2.46. The zero-order valence-corrected chi connectivity index (χ0v) is 26.0. The molecule has 9 rings (SSSR count). The van der Waals surface area contributed by atoms with E-state index in [2.05, 4.69) is 108 Å². The molecule has 2 nitrogen and oxygen atoms in total. The minimum atomic E-state index is -2.32. The quantitative estimate of drug-likeness (QED) is 0.183. The number of fused-ring (bicyclic) bond motifs is 7. The molecular weight excluding hydrogens is 555 g/mol. The molecule has 2 aliphatic rings. The van der Waals surface area contributed by atoms with Gasteiger partial charge in [-0.25, -0.2) is 0 Å². The molecule has 3 heteroatoms. The van der Waals surface area contributed by atoms with Crippen LogP contribution >= 0.6 is 0 Å². The van der Waals surface area contributed by atoms with Crippen molar-refractivity contribution in [2.24, 2.45) is 0 Å². The van der Waals surface area contributed by atoms with Crippen molar-refractivity contribution in [2.45, 2.75) is 34.5 Å². The van der Waals surface area contributed by atoms with Gasteiger partial charge < -0.3 is 9.80 Å². The van der Waals surface area contributed by atoms with Gasteiger partial charge in [-0.2, -0.15) is 0 Å². The van der Waals surface area contributed by atoms with Gasteiger partial charge in [0.2, 0.25) is 6.71 Å². The van der Waals surface area contributed by atoms with Crippen LogP contribution in [0.2, 0.25) is 0 Å². The van der Waals surface area contributed by atoms with Crippen LogP contribution < -0.4 is 26.2 Å². The molecule has 2 heterocycles. The number of rotatable bonds is 2. The van der Waals surface area contributed by atoms with Crippen molar-refractivity contribution in [1.29, 1.82) is 0 Å². The van der Waals surface area contributed by atoms with Crippen LogP contribution in [0.4, 0.5) is 34.1 Å². The van der Waals surface area contributed by atoms with E-state index in [4.69, 9.17) is 8.22 Å². The van der Waals surface area contributed by atoms with E-state index in [-0.39, 0.29) is 12.3 Å². The smallest absolute Gasteiger partial charge is 0.248 e. The first-order valence-electron chi connectivity index (χ1n) is 18.8. The Kier molecular flexibility index (Phi) is 4.60. The summed E-state index contributed by atoms with van der Waals surface area (Å²) in [7, 11) is 0. The standard InChI is InChI=1S/C43H35BN2/c1-26-14-17-34(18-15-26)45-38-23-31-10-6-7-11-32(31)24-39(38)46-37-19-16-27(2)22-36(37)44(41-29(4)20-28(3)21-30(41)5)42-35-13-9-8-12-33(35)25-40(45)43(42)46/h6-25H,1-5H3/i2D3,3D3. The zero-order valence-electron chi connectivity index (χ0n) is 32.0. The Balaban J connectivity index is 1.47. The van der Waals surface area contributed by atoms with E-state index in [1.165, 1.54) is 5.56 Å². The summed E-state index contributed by atoms with van der Waals surface area (Å²) in [6, 6.07) is 41.3. The molecule has 0 fully saturated rings. The lowest BCUT2D eigenvalue weighted by Crippen LogP contribution is -2.59. The molecule has 0 spiro atoms. The SMILES string of the molecule is [2H]C([2H])([2H])c1cc(C)c(B2c3cc(C([2H])([2H])[2H])ccc3N3c4cc5ccccc5cc4N(c4ccc(C)cc4)c4cc5ccccc5c2c43)c(C)c1. The first kappa shape index (κ1) is 21.5. The Bertz CT molecular complexity index is 2590. The van der Waals surface area contributed by atoms with Gasteiger partial charge in [-0.1, -0.05) is 118 Å². The predicted octanol–water partition coefficient (Wildman–Crippen LogP) is 9.62. The lowest BCUT2D eigenvalue weighted by molar-refractivity contribution is 1.18. The van der Waals surface area contributed by atoms with Gasteiger partial charge >= 0.3 is 0 Å². The van der Waals surface area contributed by atoms with Gasteiger partial charge in [-0.3, -0.25) is 0 Å². The van der Waals surface area contributed by atoms with Gasteiger partial charge in [0, 0.05) is 19.6 Å². The molecule has 7 aromatic carbocycles. The van der Waals surface area contributed by atoms with Crippen molar-refractivity contribution >= 4 is 78.8 Å². The van der Waals surface area contributed by atoms with Crippen molar-refractivity contribution < 1.29 is 8.22 Å². The van der Waals surface area contributed by atoms with E-state index >= 15 is 0 Å². The largest absolute Gasteiger partial charge is 0.307 e. The molecule has 0 aromatic heterocycles. The van der Waals surface area contributed by atoms with Crippen molar-refractivity contribution in [1.82, 2.24) is 0 Å². The number of nitrogens with zero attached hydrogens (tertiary/aromatic N) is 2. The van der Waals surface area contributed by atoms with Crippen LogP contribution in [0.15, 0.2) is 121 Å². The first-order valence-corrected chi connectivity index (χ1v) is 15.8. The summed E-state index contributed by atoms with van der Waals surface area (Å²) in [6.07, 6.45) is 0. The fourth-order valence-electron chi connectivity index (χ4n) is 7.97. The summed E-state index contributed by atoms with van der Waals surface area (Å²) < 4.78 is 50.0. The second kappa shape index (κ2) is 9.86. The van der Waals surface area contributed by atoms with E-state index in [1.807, 2.05) is 26.0 Å². The van der Waals surface area contributed by atoms with Crippen LogP contribution in [-0.4, -0.2) is 6.71 Å². The van der Waals surface area contributed by atoms with Crippen molar-refractivity contribution in [2.75, 3.05) is 9.80 Å². The molecule has 0 saturated carbocycles. The Morgan fingerprint density at radius 1 is 0.500 bits per heavy atom. The van der Waals surface area contributed by atoms with Crippen molar-refractivity contribution in [3.8, 4) is 0 Å². The number of hydrogen-bond donors (Lipinski definition) is 0. The Hall–Kier alpha value is -5.28. The van der Waals surface area contributed by atoms with E-state index in [0.717, 1.165) is 83.2 Å². The summed E-state index contributed by atoms with van der Waals surface area (Å²) in [5, 5.41) is 4.35. The van der Waals surface area contributed by atoms with Gasteiger partial charge in [0.1, 0.15) is 0 Å². The molecule has 2 aliphatic heterocycles. The summed E-state index contributed by atoms with van der Waals surface area (Å²) in [5.74, 6) is 0. The van der Waals surface area contributed by atoms with E-state index in [9.17, 15) is 0 Å². The number of hydrogen-bond acceptors (Lipinski definition) is 2. The number of anilines is 6. The van der Waals surface area contributed by atoms with Crippen LogP contribution in [0.3, 0.4) is 0 Å². The minimum Gasteiger partial charge on any atom is -0.307 e. The highest BCUT2D eigenvalue weighted by atomic mass is 15.3. The van der Waals surface area contributed by atoms with Crippen LogP contribution in [0.5, 0.6) is 0 Å². The molecule has 46 heavy (non-hydrogen) atoms. The fraction of sp³-hybridized carbons (Fsp3) is 0.116. The maximum absolute atomic E-state index is 8.45. The Morgan fingerprint density at radius 2 is 1.11 bits per heavy atom. The molecule has 7 aromatic rings. The topological polar surface area (TPSA) is 6.48 Å². The van der Waals surface area contributed by atoms with Crippen LogP contribution in [0, 0.1) is 34.5 Å². The summed E-state index contributed by atoms with van der Waals surface area (Å²) in [6.45, 7) is 1.09. The van der Waals surface area contributed by atoms with E-state index in [0.29, 0.717) is 5.56 Å². The normalized spacial score (nSPS) is 15.7. The summed E-state index contributed by atoms with van der Waals surface area (Å²) >= 11 is 0. The molecule has 0 unspecified atom stereocenters. The molecule has 0 radical (unpaired) electrons. The first-order chi connectivity index (χ1) is 24.8. The fourth-order valence-corrected chi connectivity index (χ4v) is 7.97. The second-order valence-corrected chi connectivity index (χ2v) is 12.8. The highest BCUT2D eigenvalue weighted by molar-refractivity contribution is 7.00. The van der Waals surface area contributed by atoms with Crippen LogP contribution in [-0.2, 0) is 0 Å². The van der Waals surface area contributed by atoms with Gasteiger partial charge in [0.05, 0.1) is 22.7 Å². The highest BCUT2D eigenvalue weighted by Gasteiger charge is 2.43. The van der Waals surface area contributed by atoms with Gasteiger partial charge in [-0.15, -0.1) is 0 Å². The third-order valence-electron chi connectivity index (χ3n) is 9.87. The molecule has 0 N–H and O–H groups in total.